The number of nitrogens with two attached hydrogens (primary N) is 1. The highest BCUT2D eigenvalue weighted by atomic mass is 16.5. The van der Waals surface area contributed by atoms with Crippen LogP contribution in [-0.2, 0) is 16.0 Å². The second-order valence-corrected chi connectivity index (χ2v) is 7.27. The van der Waals surface area contributed by atoms with Crippen LogP contribution in [0.5, 0.6) is 5.75 Å². The first-order valence-electron chi connectivity index (χ1n) is 9.62. The molecule has 2 aliphatic rings. The van der Waals surface area contributed by atoms with E-state index in [1.54, 1.807) is 12.1 Å². The molecule has 3 atom stereocenters. The Morgan fingerprint density at radius 1 is 1.34 bits per heavy atom. The van der Waals surface area contributed by atoms with E-state index in [1.807, 2.05) is 0 Å². The number of rotatable bonds is 7. The molecule has 0 bridgehead atoms. The van der Waals surface area contributed by atoms with E-state index in [4.69, 9.17) is 10.4 Å². The van der Waals surface area contributed by atoms with Crippen LogP contribution in [0, 0.1) is 0 Å². The number of amides is 2. The van der Waals surface area contributed by atoms with Crippen molar-refractivity contribution in [2.45, 2.75) is 43.7 Å². The first-order chi connectivity index (χ1) is 13.9. The van der Waals surface area contributed by atoms with Crippen molar-refractivity contribution in [2.75, 3.05) is 13.1 Å². The lowest BCUT2D eigenvalue weighted by atomic mass is 9.72. The first-order valence-corrected chi connectivity index (χ1v) is 9.62. The summed E-state index contributed by atoms with van der Waals surface area (Å²) in [5, 5.41) is 28.1. The predicted octanol–water partition coefficient (Wildman–Crippen LogP) is -1.59. The zero-order chi connectivity index (χ0) is 21.0. The molecule has 7 N–H and O–H groups in total. The highest BCUT2D eigenvalue weighted by molar-refractivity contribution is 6.47. The number of piperidine rings is 1. The van der Waals surface area contributed by atoms with Gasteiger partial charge in [-0.1, -0.05) is 12.1 Å². The molecule has 0 radical (unpaired) electrons. The van der Waals surface area contributed by atoms with Crippen molar-refractivity contribution in [1.82, 2.24) is 16.0 Å². The fourth-order valence-electron chi connectivity index (χ4n) is 3.68. The SMILES string of the molecule is NCCNC1CCC(CC(=O)N[C@H]2Cc3cccc(C(=O)O)c3OB2O)NC1=O. The van der Waals surface area contributed by atoms with E-state index in [-0.39, 0.29) is 48.1 Å². The van der Waals surface area contributed by atoms with Gasteiger partial charge >= 0.3 is 13.1 Å². The van der Waals surface area contributed by atoms with Crippen LogP contribution in [0.1, 0.15) is 35.2 Å². The number of carbonyl (C=O) groups excluding carboxylic acids is 2. The average molecular weight is 404 g/mol. The summed E-state index contributed by atoms with van der Waals surface area (Å²) in [4.78, 5) is 35.8. The summed E-state index contributed by atoms with van der Waals surface area (Å²) in [5.74, 6) is -2.22. The second kappa shape index (κ2) is 9.25. The Balaban J connectivity index is 1.54. The molecular weight excluding hydrogens is 379 g/mol. The minimum absolute atomic E-state index is 0.0333. The highest BCUT2D eigenvalue weighted by Gasteiger charge is 2.38. The summed E-state index contributed by atoms with van der Waals surface area (Å²) in [6, 6.07) is 4.10. The Bertz CT molecular complexity index is 792. The van der Waals surface area contributed by atoms with Crippen LogP contribution < -0.4 is 26.3 Å². The maximum absolute atomic E-state index is 12.4. The third kappa shape index (κ3) is 5.05. The number of carbonyl (C=O) groups is 3. The smallest absolute Gasteiger partial charge is 0.534 e. The summed E-state index contributed by atoms with van der Waals surface area (Å²) in [6.45, 7) is 0.992. The van der Waals surface area contributed by atoms with Gasteiger partial charge in [-0.2, -0.15) is 0 Å². The summed E-state index contributed by atoms with van der Waals surface area (Å²) in [5.41, 5.74) is 5.99. The molecule has 11 heteroatoms. The number of benzene rings is 1. The third-order valence-corrected chi connectivity index (χ3v) is 5.13. The van der Waals surface area contributed by atoms with Gasteiger partial charge < -0.3 is 36.5 Å². The van der Waals surface area contributed by atoms with Crippen LogP contribution in [-0.4, -0.2) is 66.1 Å². The molecule has 0 aromatic heterocycles. The molecule has 1 aromatic carbocycles. The topological polar surface area (TPSA) is 163 Å². The molecular formula is C18H25BN4O6. The van der Waals surface area contributed by atoms with Crippen molar-refractivity contribution < 1.29 is 29.2 Å². The van der Waals surface area contributed by atoms with Crippen molar-refractivity contribution in [1.29, 1.82) is 0 Å². The second-order valence-electron chi connectivity index (χ2n) is 7.27. The minimum Gasteiger partial charge on any atom is -0.534 e. The molecule has 0 saturated carbocycles. The van der Waals surface area contributed by atoms with Crippen molar-refractivity contribution >= 4 is 24.9 Å². The number of carboxylic acid groups (broad SMARTS) is 1. The van der Waals surface area contributed by atoms with Gasteiger partial charge in [0.2, 0.25) is 11.8 Å². The van der Waals surface area contributed by atoms with Crippen molar-refractivity contribution in [2.24, 2.45) is 5.73 Å². The zero-order valence-corrected chi connectivity index (χ0v) is 15.9. The van der Waals surface area contributed by atoms with Crippen molar-refractivity contribution in [3.63, 3.8) is 0 Å². The average Bonchev–Trinajstić information content (AvgIpc) is 2.67. The van der Waals surface area contributed by atoms with Gasteiger partial charge in [-0.25, -0.2) is 4.79 Å². The fourth-order valence-corrected chi connectivity index (χ4v) is 3.68. The van der Waals surface area contributed by atoms with Gasteiger partial charge in [0.25, 0.3) is 0 Å². The first kappa shape index (κ1) is 21.1. The normalized spacial score (nSPS) is 23.6. The standard InChI is InChI=1S/C18H25BN4O6/c20-6-7-21-13-5-4-11(22-17(13)25)9-15(24)23-14-8-10-2-1-3-12(18(26)27)16(10)29-19(14)28/h1-3,11,13-14,21,28H,4-9,20H2,(H,22,25)(H,23,24)(H,26,27)/t11?,13?,14-/m0/s1. The third-order valence-electron chi connectivity index (χ3n) is 5.13. The summed E-state index contributed by atoms with van der Waals surface area (Å²) in [6.07, 6.45) is 1.59. The van der Waals surface area contributed by atoms with E-state index in [9.17, 15) is 24.5 Å². The molecule has 0 aliphatic carbocycles. The van der Waals surface area contributed by atoms with Crippen LogP contribution in [0.2, 0.25) is 0 Å². The number of para-hydroxylation sites is 1. The largest absolute Gasteiger partial charge is 0.547 e. The summed E-state index contributed by atoms with van der Waals surface area (Å²) in [7, 11) is -1.36. The van der Waals surface area contributed by atoms with E-state index < -0.39 is 19.0 Å². The lowest BCUT2D eigenvalue weighted by molar-refractivity contribution is -0.127. The van der Waals surface area contributed by atoms with Crippen LogP contribution in [0.25, 0.3) is 0 Å². The van der Waals surface area contributed by atoms with Crippen LogP contribution in [0.4, 0.5) is 0 Å². The quantitative estimate of drug-likeness (QED) is 0.296. The van der Waals surface area contributed by atoms with Gasteiger partial charge in [-0.15, -0.1) is 0 Å². The van der Waals surface area contributed by atoms with E-state index >= 15 is 0 Å². The Morgan fingerprint density at radius 3 is 2.83 bits per heavy atom. The Labute approximate surface area is 168 Å². The van der Waals surface area contributed by atoms with Crippen LogP contribution in [0.15, 0.2) is 18.2 Å². The number of fused-ring (bicyclic) bond motifs is 1. The zero-order valence-electron chi connectivity index (χ0n) is 15.9. The van der Waals surface area contributed by atoms with Gasteiger partial charge in [0, 0.05) is 25.6 Å². The molecule has 1 fully saturated rings. The van der Waals surface area contributed by atoms with E-state index in [0.717, 1.165) is 0 Å². The van der Waals surface area contributed by atoms with Crippen LogP contribution in [0.3, 0.4) is 0 Å². The summed E-state index contributed by atoms with van der Waals surface area (Å²) >= 11 is 0. The fraction of sp³-hybridized carbons (Fsp3) is 0.500. The monoisotopic (exact) mass is 404 g/mol. The van der Waals surface area contributed by atoms with Gasteiger partial charge in [-0.05, 0) is 30.9 Å². The van der Waals surface area contributed by atoms with Gasteiger partial charge in [0.1, 0.15) is 5.75 Å². The minimum atomic E-state index is -1.36. The predicted molar refractivity (Wildman–Crippen MR) is 104 cm³/mol. The van der Waals surface area contributed by atoms with Crippen molar-refractivity contribution in [3.05, 3.63) is 29.3 Å². The maximum atomic E-state index is 12.4. The molecule has 1 aromatic rings. The Morgan fingerprint density at radius 2 is 2.14 bits per heavy atom. The molecule has 156 valence electrons. The van der Waals surface area contributed by atoms with E-state index in [1.165, 1.54) is 6.07 Å². The highest BCUT2D eigenvalue weighted by Crippen LogP contribution is 2.30. The van der Waals surface area contributed by atoms with Crippen molar-refractivity contribution in [3.8, 4) is 5.75 Å². The number of hydrogen-bond donors (Lipinski definition) is 6. The molecule has 29 heavy (non-hydrogen) atoms. The van der Waals surface area contributed by atoms with E-state index in [0.29, 0.717) is 31.5 Å². The Hall–Kier alpha value is -2.63. The Kier molecular flexibility index (Phi) is 6.73. The lowest BCUT2D eigenvalue weighted by Gasteiger charge is -2.31. The number of hydrogen-bond acceptors (Lipinski definition) is 7. The molecule has 0 spiro atoms. The molecule has 2 amide bonds. The van der Waals surface area contributed by atoms with Gasteiger partial charge in [-0.3, -0.25) is 9.59 Å². The number of aromatic carboxylic acids is 1. The van der Waals surface area contributed by atoms with Gasteiger partial charge in [0.15, 0.2) is 0 Å². The molecule has 2 aliphatic heterocycles. The lowest BCUT2D eigenvalue weighted by Crippen LogP contribution is -2.56. The van der Waals surface area contributed by atoms with Gasteiger partial charge in [0.05, 0.1) is 17.5 Å². The number of nitrogens with one attached hydrogen (secondary N) is 3. The summed E-state index contributed by atoms with van der Waals surface area (Å²) < 4.78 is 5.37. The number of carboxylic acids is 1. The van der Waals surface area contributed by atoms with E-state index in [2.05, 4.69) is 16.0 Å². The molecule has 1 saturated heterocycles. The maximum Gasteiger partial charge on any atom is 0.547 e. The van der Waals surface area contributed by atoms with Crippen LogP contribution >= 0.6 is 0 Å². The molecule has 10 nitrogen and oxygen atoms in total. The molecule has 2 unspecified atom stereocenters. The molecule has 2 heterocycles. The molecule has 3 rings (SSSR count).